The standard InChI is InChI=1S/C12H22N4O2S/c1-15(2)9-8-14-10-6-5-7-11(12(10)13)19(17,18)16(3)4/h5-7,14H,8-9,13H2,1-4H3. The number of sulfonamides is 1. The van der Waals surface area contributed by atoms with Crippen molar-refractivity contribution in [3.63, 3.8) is 0 Å². The number of hydrogen-bond acceptors (Lipinski definition) is 5. The van der Waals surface area contributed by atoms with Gasteiger partial charge in [0.15, 0.2) is 0 Å². The van der Waals surface area contributed by atoms with Crippen molar-refractivity contribution in [3.05, 3.63) is 18.2 Å². The minimum Gasteiger partial charge on any atom is -0.396 e. The van der Waals surface area contributed by atoms with Gasteiger partial charge in [-0.2, -0.15) is 0 Å². The highest BCUT2D eigenvalue weighted by molar-refractivity contribution is 7.89. The lowest BCUT2D eigenvalue weighted by Crippen LogP contribution is -2.24. The molecule has 0 aliphatic rings. The number of anilines is 2. The van der Waals surface area contributed by atoms with Crippen LogP contribution in [0.4, 0.5) is 11.4 Å². The SMILES string of the molecule is CN(C)CCNc1cccc(S(=O)(=O)N(C)C)c1N. The maximum absolute atomic E-state index is 12.1. The quantitative estimate of drug-likeness (QED) is 0.744. The highest BCUT2D eigenvalue weighted by atomic mass is 32.2. The average Bonchev–Trinajstić information content (AvgIpc) is 2.30. The molecule has 0 amide bonds. The van der Waals surface area contributed by atoms with Gasteiger partial charge in [-0.05, 0) is 26.2 Å². The fourth-order valence-electron chi connectivity index (χ4n) is 1.53. The molecule has 0 heterocycles. The van der Waals surface area contributed by atoms with E-state index in [2.05, 4.69) is 5.32 Å². The predicted octanol–water partition coefficient (Wildman–Crippen LogP) is 0.493. The summed E-state index contributed by atoms with van der Waals surface area (Å²) in [6.45, 7) is 1.53. The molecule has 0 aromatic heterocycles. The van der Waals surface area contributed by atoms with Crippen molar-refractivity contribution in [3.8, 4) is 0 Å². The van der Waals surface area contributed by atoms with Crippen molar-refractivity contribution in [1.29, 1.82) is 0 Å². The molecule has 0 fully saturated rings. The average molecular weight is 286 g/mol. The van der Waals surface area contributed by atoms with Gasteiger partial charge in [0.25, 0.3) is 0 Å². The van der Waals surface area contributed by atoms with Crippen LogP contribution in [0, 0.1) is 0 Å². The molecule has 3 N–H and O–H groups in total. The smallest absolute Gasteiger partial charge is 0.244 e. The van der Waals surface area contributed by atoms with Crippen molar-refractivity contribution >= 4 is 21.4 Å². The number of nitrogens with two attached hydrogens (primary N) is 1. The van der Waals surface area contributed by atoms with Crippen LogP contribution in [0.5, 0.6) is 0 Å². The van der Waals surface area contributed by atoms with Crippen molar-refractivity contribution in [2.75, 3.05) is 52.3 Å². The van der Waals surface area contributed by atoms with E-state index in [1.807, 2.05) is 19.0 Å². The fraction of sp³-hybridized carbons (Fsp3) is 0.500. The number of nitrogens with zero attached hydrogens (tertiary/aromatic N) is 2. The Morgan fingerprint density at radius 1 is 1.21 bits per heavy atom. The topological polar surface area (TPSA) is 78.7 Å². The van der Waals surface area contributed by atoms with E-state index in [0.717, 1.165) is 10.8 Å². The van der Waals surface area contributed by atoms with Crippen molar-refractivity contribution < 1.29 is 8.42 Å². The Morgan fingerprint density at radius 3 is 2.37 bits per heavy atom. The van der Waals surface area contributed by atoms with Gasteiger partial charge in [0.2, 0.25) is 10.0 Å². The van der Waals surface area contributed by atoms with E-state index in [9.17, 15) is 8.42 Å². The number of nitrogens with one attached hydrogen (secondary N) is 1. The summed E-state index contributed by atoms with van der Waals surface area (Å²) in [6, 6.07) is 4.98. The molecule has 0 unspecified atom stereocenters. The summed E-state index contributed by atoms with van der Waals surface area (Å²) in [5, 5.41) is 3.15. The molecule has 19 heavy (non-hydrogen) atoms. The van der Waals surface area contributed by atoms with Crippen LogP contribution in [0.1, 0.15) is 0 Å². The lowest BCUT2D eigenvalue weighted by Gasteiger charge is -2.17. The van der Waals surface area contributed by atoms with Crippen molar-refractivity contribution in [2.24, 2.45) is 0 Å². The van der Waals surface area contributed by atoms with Crippen molar-refractivity contribution in [2.45, 2.75) is 4.90 Å². The van der Waals surface area contributed by atoms with Crippen LogP contribution in [0.15, 0.2) is 23.1 Å². The van der Waals surface area contributed by atoms with Gasteiger partial charge < -0.3 is 16.0 Å². The van der Waals surface area contributed by atoms with Crippen LogP contribution >= 0.6 is 0 Å². The van der Waals surface area contributed by atoms with E-state index in [-0.39, 0.29) is 10.6 Å². The summed E-state index contributed by atoms with van der Waals surface area (Å²) in [5.74, 6) is 0. The second-order valence-electron chi connectivity index (χ2n) is 4.73. The minimum absolute atomic E-state index is 0.132. The molecule has 0 radical (unpaired) electrons. The largest absolute Gasteiger partial charge is 0.396 e. The highest BCUT2D eigenvalue weighted by Crippen LogP contribution is 2.27. The van der Waals surface area contributed by atoms with Crippen LogP contribution in [0.25, 0.3) is 0 Å². The summed E-state index contributed by atoms with van der Waals surface area (Å²) in [6.07, 6.45) is 0. The van der Waals surface area contributed by atoms with Crippen LogP contribution in [-0.2, 0) is 10.0 Å². The van der Waals surface area contributed by atoms with E-state index < -0.39 is 10.0 Å². The Hall–Kier alpha value is -1.31. The van der Waals surface area contributed by atoms with Gasteiger partial charge in [0, 0.05) is 27.2 Å². The summed E-state index contributed by atoms with van der Waals surface area (Å²) < 4.78 is 25.3. The number of likely N-dealkylation sites (N-methyl/N-ethyl adjacent to an activating group) is 1. The van der Waals surface area contributed by atoms with Crippen LogP contribution in [0.2, 0.25) is 0 Å². The number of nitrogen functional groups attached to an aromatic ring is 1. The number of benzene rings is 1. The van der Waals surface area contributed by atoms with Gasteiger partial charge in [-0.25, -0.2) is 12.7 Å². The molecule has 0 saturated carbocycles. The molecule has 0 saturated heterocycles. The van der Waals surface area contributed by atoms with Gasteiger partial charge in [0.1, 0.15) is 4.90 Å². The molecule has 0 spiro atoms. The summed E-state index contributed by atoms with van der Waals surface area (Å²) in [4.78, 5) is 2.16. The first-order valence-electron chi connectivity index (χ1n) is 5.96. The van der Waals surface area contributed by atoms with Crippen LogP contribution in [0.3, 0.4) is 0 Å². The molecule has 0 aliphatic heterocycles. The van der Waals surface area contributed by atoms with Crippen molar-refractivity contribution in [1.82, 2.24) is 9.21 Å². The summed E-state index contributed by atoms with van der Waals surface area (Å²) in [7, 11) is 3.40. The third-order valence-electron chi connectivity index (χ3n) is 2.70. The first-order valence-corrected chi connectivity index (χ1v) is 7.40. The molecule has 1 rings (SSSR count). The first kappa shape index (κ1) is 15.7. The van der Waals surface area contributed by atoms with E-state index >= 15 is 0 Å². The van der Waals surface area contributed by atoms with E-state index in [1.54, 1.807) is 12.1 Å². The maximum atomic E-state index is 12.1. The van der Waals surface area contributed by atoms with Crippen LogP contribution in [-0.4, -0.2) is 58.9 Å². The summed E-state index contributed by atoms with van der Waals surface area (Å²) in [5.41, 5.74) is 6.84. The molecule has 1 aromatic rings. The minimum atomic E-state index is -3.51. The van der Waals surface area contributed by atoms with E-state index in [0.29, 0.717) is 12.2 Å². The Kier molecular flexibility index (Phi) is 5.16. The molecule has 0 atom stereocenters. The molecule has 7 heteroatoms. The van der Waals surface area contributed by atoms with Gasteiger partial charge in [-0.15, -0.1) is 0 Å². The zero-order valence-electron chi connectivity index (χ0n) is 11.8. The lowest BCUT2D eigenvalue weighted by atomic mass is 10.2. The molecule has 108 valence electrons. The van der Waals surface area contributed by atoms with Crippen LogP contribution < -0.4 is 11.1 Å². The Bertz CT molecular complexity index is 527. The predicted molar refractivity (Wildman–Crippen MR) is 78.8 cm³/mol. The number of hydrogen-bond donors (Lipinski definition) is 2. The monoisotopic (exact) mass is 286 g/mol. The highest BCUT2D eigenvalue weighted by Gasteiger charge is 2.21. The number of rotatable bonds is 6. The molecule has 1 aromatic carbocycles. The third-order valence-corrected chi connectivity index (χ3v) is 4.57. The van der Waals surface area contributed by atoms with E-state index in [4.69, 9.17) is 5.73 Å². The maximum Gasteiger partial charge on any atom is 0.244 e. The van der Waals surface area contributed by atoms with E-state index in [1.165, 1.54) is 20.2 Å². The molecular weight excluding hydrogens is 264 g/mol. The zero-order valence-corrected chi connectivity index (χ0v) is 12.7. The number of para-hydroxylation sites is 1. The van der Waals surface area contributed by atoms with Gasteiger partial charge >= 0.3 is 0 Å². The molecule has 0 aliphatic carbocycles. The Balaban J connectivity index is 2.99. The second kappa shape index (κ2) is 6.23. The van der Waals surface area contributed by atoms with Gasteiger partial charge in [-0.1, -0.05) is 6.07 Å². The fourth-order valence-corrected chi connectivity index (χ4v) is 2.57. The Labute approximate surface area is 115 Å². The van der Waals surface area contributed by atoms with Gasteiger partial charge in [-0.3, -0.25) is 0 Å². The first-order chi connectivity index (χ1) is 8.76. The molecule has 0 bridgehead atoms. The Morgan fingerprint density at radius 2 is 1.84 bits per heavy atom. The normalized spacial score (nSPS) is 12.1. The molecular formula is C12H22N4O2S. The third kappa shape index (κ3) is 3.82. The lowest BCUT2D eigenvalue weighted by molar-refractivity contribution is 0.425. The second-order valence-corrected chi connectivity index (χ2v) is 6.86. The zero-order chi connectivity index (χ0) is 14.6. The van der Waals surface area contributed by atoms with Gasteiger partial charge in [0.05, 0.1) is 11.4 Å². The summed E-state index contributed by atoms with van der Waals surface area (Å²) >= 11 is 0. The molecule has 6 nitrogen and oxygen atoms in total.